The van der Waals surface area contributed by atoms with Gasteiger partial charge < -0.3 is 20.6 Å². The number of nitrogens with zero attached hydrogens (tertiary/aromatic N) is 3. The number of aryl methyl sites for hydroxylation is 1. The van der Waals surface area contributed by atoms with Gasteiger partial charge in [0.1, 0.15) is 22.2 Å². The van der Waals surface area contributed by atoms with Crippen molar-refractivity contribution in [2.45, 2.75) is 27.3 Å². The van der Waals surface area contributed by atoms with Crippen molar-refractivity contribution in [1.82, 2.24) is 10.4 Å². The molecule has 0 atom stereocenters. The van der Waals surface area contributed by atoms with Gasteiger partial charge in [-0.1, -0.05) is 30.3 Å². The number of rotatable bonds is 10. The van der Waals surface area contributed by atoms with E-state index in [4.69, 9.17) is 20.2 Å². The van der Waals surface area contributed by atoms with E-state index in [1.54, 1.807) is 43.6 Å². The van der Waals surface area contributed by atoms with Gasteiger partial charge in [-0.25, -0.2) is 9.98 Å². The van der Waals surface area contributed by atoms with Crippen LogP contribution in [0.5, 0.6) is 11.5 Å². The van der Waals surface area contributed by atoms with Crippen molar-refractivity contribution >= 4 is 34.2 Å². The molecule has 0 bridgehead atoms. The Bertz CT molecular complexity index is 1170. The molecule has 0 unspecified atom stereocenters. The number of methoxy groups -OCH3 is 1. The van der Waals surface area contributed by atoms with Crippen molar-refractivity contribution in [3.05, 3.63) is 58.4 Å². The third-order valence-corrected chi connectivity index (χ3v) is 5.68. The SMILES string of the molecule is COc1ccc(N)c(OC/N=C(C(C)=O)/C(C)=N\NCc2nc(-c3ccccc3)c(C)s2)c1. The summed E-state index contributed by atoms with van der Waals surface area (Å²) in [5, 5.41) is 5.21. The molecule has 3 N–H and O–H groups in total. The van der Waals surface area contributed by atoms with Gasteiger partial charge in [-0.3, -0.25) is 4.79 Å². The Morgan fingerprint density at radius 3 is 2.64 bits per heavy atom. The number of ether oxygens (including phenoxy) is 2. The number of hydrazone groups is 1. The number of aliphatic imine (C=N–C) groups is 1. The van der Waals surface area contributed by atoms with Crippen molar-refractivity contribution in [2.24, 2.45) is 10.1 Å². The predicted molar refractivity (Wildman–Crippen MR) is 133 cm³/mol. The number of thiazole rings is 1. The lowest BCUT2D eigenvalue weighted by molar-refractivity contribution is -0.110. The number of anilines is 1. The van der Waals surface area contributed by atoms with Crippen molar-refractivity contribution in [1.29, 1.82) is 0 Å². The molecule has 9 heteroatoms. The Kier molecular flexibility index (Phi) is 8.15. The lowest BCUT2D eigenvalue weighted by atomic mass is 10.1. The summed E-state index contributed by atoms with van der Waals surface area (Å²) in [7, 11) is 1.56. The van der Waals surface area contributed by atoms with Crippen LogP contribution in [0.4, 0.5) is 5.69 Å². The first-order chi connectivity index (χ1) is 15.9. The molecular weight excluding hydrogens is 438 g/mol. The number of nitrogens with two attached hydrogens (primary N) is 1. The zero-order chi connectivity index (χ0) is 23.8. The second-order valence-corrected chi connectivity index (χ2v) is 8.44. The van der Waals surface area contributed by atoms with Gasteiger partial charge in [0.2, 0.25) is 0 Å². The van der Waals surface area contributed by atoms with Crippen LogP contribution < -0.4 is 20.6 Å². The van der Waals surface area contributed by atoms with Crippen LogP contribution in [0.2, 0.25) is 0 Å². The number of carbonyl (C=O) groups excluding carboxylic acids is 1. The first-order valence-electron chi connectivity index (χ1n) is 10.3. The van der Waals surface area contributed by atoms with Crippen molar-refractivity contribution in [3.63, 3.8) is 0 Å². The van der Waals surface area contributed by atoms with E-state index in [1.807, 2.05) is 37.3 Å². The summed E-state index contributed by atoms with van der Waals surface area (Å²) in [6.07, 6.45) is 0. The first-order valence-corrected chi connectivity index (χ1v) is 11.1. The first kappa shape index (κ1) is 23.9. The molecule has 0 saturated carbocycles. The highest BCUT2D eigenvalue weighted by atomic mass is 32.1. The van der Waals surface area contributed by atoms with Crippen LogP contribution in [-0.2, 0) is 11.3 Å². The van der Waals surface area contributed by atoms with Crippen LogP contribution >= 0.6 is 11.3 Å². The number of carbonyl (C=O) groups is 1. The lowest BCUT2D eigenvalue weighted by Gasteiger charge is -2.09. The molecule has 1 aromatic heterocycles. The molecule has 1 heterocycles. The standard InChI is InChI=1S/C24H27N5O3S/c1-15(23(16(2)30)26-14-32-21-12-19(31-4)10-11-20(21)25)29-27-13-22-28-24(17(3)33-22)18-8-6-5-7-9-18/h5-12,27H,13-14,25H2,1-4H3/b26-23-,29-15-. The zero-order valence-electron chi connectivity index (χ0n) is 19.1. The summed E-state index contributed by atoms with van der Waals surface area (Å²) in [5.74, 6) is 0.837. The van der Waals surface area contributed by atoms with Crippen LogP contribution in [0.1, 0.15) is 23.7 Å². The smallest absolute Gasteiger partial charge is 0.180 e. The number of ketones is 1. The molecule has 172 valence electrons. The molecule has 8 nitrogen and oxygen atoms in total. The van der Waals surface area contributed by atoms with Crippen molar-refractivity contribution in [3.8, 4) is 22.8 Å². The molecule has 3 aromatic rings. The van der Waals surface area contributed by atoms with Gasteiger partial charge in [0.05, 0.1) is 30.7 Å². The number of hydrogen-bond acceptors (Lipinski definition) is 9. The van der Waals surface area contributed by atoms with E-state index in [0.717, 1.165) is 21.1 Å². The van der Waals surface area contributed by atoms with Gasteiger partial charge in [0.25, 0.3) is 0 Å². The van der Waals surface area contributed by atoms with Crippen molar-refractivity contribution < 1.29 is 14.3 Å². The minimum Gasteiger partial charge on any atom is -0.497 e. The number of aromatic nitrogens is 1. The summed E-state index contributed by atoms with van der Waals surface area (Å²) < 4.78 is 10.8. The van der Waals surface area contributed by atoms with E-state index in [1.165, 1.54) is 6.92 Å². The third kappa shape index (κ3) is 6.39. The maximum Gasteiger partial charge on any atom is 0.180 e. The normalized spacial score (nSPS) is 11.9. The number of Topliss-reactive ketones (excluding diaryl/α,β-unsaturated/α-hetero) is 1. The molecule has 0 amide bonds. The highest BCUT2D eigenvalue weighted by Gasteiger charge is 2.12. The third-order valence-electron chi connectivity index (χ3n) is 4.70. The molecule has 2 aromatic carbocycles. The Hall–Kier alpha value is -3.72. The average molecular weight is 466 g/mol. The van der Waals surface area contributed by atoms with Gasteiger partial charge in [-0.15, -0.1) is 11.3 Å². The summed E-state index contributed by atoms with van der Waals surface area (Å²) in [4.78, 5) is 22.2. The van der Waals surface area contributed by atoms with E-state index in [-0.39, 0.29) is 18.2 Å². The van der Waals surface area contributed by atoms with E-state index in [9.17, 15) is 4.79 Å². The minimum atomic E-state index is -0.211. The molecule has 0 aliphatic rings. The van der Waals surface area contributed by atoms with Crippen LogP contribution in [0.15, 0.2) is 58.6 Å². The van der Waals surface area contributed by atoms with Gasteiger partial charge >= 0.3 is 0 Å². The van der Waals surface area contributed by atoms with Gasteiger partial charge in [-0.05, 0) is 26.0 Å². The second-order valence-electron chi connectivity index (χ2n) is 7.15. The maximum absolute atomic E-state index is 12.1. The Morgan fingerprint density at radius 1 is 1.18 bits per heavy atom. The molecule has 0 aliphatic heterocycles. The maximum atomic E-state index is 12.1. The van der Waals surface area contributed by atoms with E-state index in [0.29, 0.717) is 29.4 Å². The quantitative estimate of drug-likeness (QED) is 0.263. The molecular formula is C24H27N5O3S. The Morgan fingerprint density at radius 2 is 1.94 bits per heavy atom. The van der Waals surface area contributed by atoms with Gasteiger partial charge in [0.15, 0.2) is 12.5 Å². The highest BCUT2D eigenvalue weighted by molar-refractivity contribution is 7.12. The Balaban J connectivity index is 1.63. The molecule has 0 fully saturated rings. The summed E-state index contributed by atoms with van der Waals surface area (Å²) in [6.45, 7) is 5.57. The van der Waals surface area contributed by atoms with E-state index >= 15 is 0 Å². The summed E-state index contributed by atoms with van der Waals surface area (Å²) >= 11 is 1.61. The fourth-order valence-electron chi connectivity index (χ4n) is 3.08. The number of nitrogens with one attached hydrogen (secondary N) is 1. The molecule has 0 saturated heterocycles. The van der Waals surface area contributed by atoms with Gasteiger partial charge in [-0.2, -0.15) is 5.10 Å². The van der Waals surface area contributed by atoms with Crippen LogP contribution in [0.25, 0.3) is 11.3 Å². The second kappa shape index (κ2) is 11.2. The Labute approximate surface area is 197 Å². The molecule has 3 rings (SSSR count). The fourth-order valence-corrected chi connectivity index (χ4v) is 3.97. The molecule has 0 aliphatic carbocycles. The average Bonchev–Trinajstić information content (AvgIpc) is 3.18. The highest BCUT2D eigenvalue weighted by Crippen LogP contribution is 2.28. The monoisotopic (exact) mass is 465 g/mol. The van der Waals surface area contributed by atoms with Crippen LogP contribution in [0.3, 0.4) is 0 Å². The summed E-state index contributed by atoms with van der Waals surface area (Å²) in [6, 6.07) is 15.1. The number of hydrogen-bond donors (Lipinski definition) is 2. The number of benzene rings is 2. The fraction of sp³-hybridized carbons (Fsp3) is 0.250. The largest absolute Gasteiger partial charge is 0.497 e. The molecule has 33 heavy (non-hydrogen) atoms. The van der Waals surface area contributed by atoms with Crippen molar-refractivity contribution in [2.75, 3.05) is 19.6 Å². The molecule has 0 radical (unpaired) electrons. The lowest BCUT2D eigenvalue weighted by Crippen LogP contribution is -2.23. The van der Waals surface area contributed by atoms with Crippen LogP contribution in [0, 0.1) is 6.92 Å². The zero-order valence-corrected chi connectivity index (χ0v) is 19.9. The molecule has 0 spiro atoms. The number of nitrogen functional groups attached to an aromatic ring is 1. The van der Waals surface area contributed by atoms with Crippen LogP contribution in [-0.4, -0.2) is 36.0 Å². The summed E-state index contributed by atoms with van der Waals surface area (Å²) in [5.41, 5.74) is 12.1. The predicted octanol–water partition coefficient (Wildman–Crippen LogP) is 4.24. The topological polar surface area (TPSA) is 111 Å². The van der Waals surface area contributed by atoms with E-state index < -0.39 is 0 Å². The minimum absolute atomic E-state index is 0.0781. The van der Waals surface area contributed by atoms with Gasteiger partial charge in [0, 0.05) is 23.4 Å². The van der Waals surface area contributed by atoms with E-state index in [2.05, 4.69) is 15.5 Å².